The molecule has 0 aromatic rings. The van der Waals surface area contributed by atoms with Crippen LogP contribution in [0.25, 0.3) is 0 Å². The second-order valence-corrected chi connectivity index (χ2v) is 3.82. The summed E-state index contributed by atoms with van der Waals surface area (Å²) in [5.74, 6) is -0.414. The molecule has 15 heavy (non-hydrogen) atoms. The number of hydrogen-bond acceptors (Lipinski definition) is 5. The zero-order valence-corrected chi connectivity index (χ0v) is 9.75. The molecule has 0 aromatic heterocycles. The van der Waals surface area contributed by atoms with Crippen LogP contribution in [0.5, 0.6) is 0 Å². The SMILES string of the molecule is COCCCOCCOC(=O)C(C)(C)N. The Bertz CT molecular complexity index is 177. The summed E-state index contributed by atoms with van der Waals surface area (Å²) in [7, 11) is 1.64. The van der Waals surface area contributed by atoms with Crippen LogP contribution in [0.15, 0.2) is 0 Å². The van der Waals surface area contributed by atoms with Crippen molar-refractivity contribution in [2.75, 3.05) is 33.5 Å². The molecule has 5 nitrogen and oxygen atoms in total. The first-order valence-electron chi connectivity index (χ1n) is 5.01. The summed E-state index contributed by atoms with van der Waals surface area (Å²) in [5, 5.41) is 0. The third-order valence-corrected chi connectivity index (χ3v) is 1.62. The van der Waals surface area contributed by atoms with Gasteiger partial charge in [-0.3, -0.25) is 4.79 Å². The Labute approximate surface area is 90.9 Å². The van der Waals surface area contributed by atoms with Gasteiger partial charge in [-0.05, 0) is 20.3 Å². The van der Waals surface area contributed by atoms with Crippen LogP contribution in [0.3, 0.4) is 0 Å². The molecule has 0 saturated heterocycles. The number of carbonyl (C=O) groups is 1. The van der Waals surface area contributed by atoms with Crippen LogP contribution in [-0.4, -0.2) is 45.0 Å². The van der Waals surface area contributed by atoms with Crippen LogP contribution in [0.4, 0.5) is 0 Å². The fraction of sp³-hybridized carbons (Fsp3) is 0.900. The van der Waals surface area contributed by atoms with E-state index in [1.807, 2.05) is 0 Å². The highest BCUT2D eigenvalue weighted by atomic mass is 16.6. The van der Waals surface area contributed by atoms with Gasteiger partial charge < -0.3 is 19.9 Å². The molecule has 0 rings (SSSR count). The van der Waals surface area contributed by atoms with Gasteiger partial charge in [-0.15, -0.1) is 0 Å². The van der Waals surface area contributed by atoms with E-state index in [9.17, 15) is 4.79 Å². The van der Waals surface area contributed by atoms with Crippen molar-refractivity contribution in [1.82, 2.24) is 0 Å². The van der Waals surface area contributed by atoms with E-state index in [-0.39, 0.29) is 6.61 Å². The largest absolute Gasteiger partial charge is 0.462 e. The van der Waals surface area contributed by atoms with Crippen LogP contribution < -0.4 is 5.73 Å². The van der Waals surface area contributed by atoms with E-state index in [0.717, 1.165) is 6.42 Å². The van der Waals surface area contributed by atoms with Gasteiger partial charge in [-0.25, -0.2) is 0 Å². The molecule has 0 heterocycles. The quantitative estimate of drug-likeness (QED) is 0.470. The number of nitrogens with two attached hydrogens (primary N) is 1. The average Bonchev–Trinajstić information content (AvgIpc) is 2.14. The molecule has 0 fully saturated rings. The molecular weight excluding hydrogens is 198 g/mol. The number of ether oxygens (including phenoxy) is 3. The Kier molecular flexibility index (Phi) is 7.29. The highest BCUT2D eigenvalue weighted by Gasteiger charge is 2.23. The van der Waals surface area contributed by atoms with E-state index in [1.165, 1.54) is 0 Å². The monoisotopic (exact) mass is 219 g/mol. The average molecular weight is 219 g/mol. The summed E-state index contributed by atoms with van der Waals surface area (Å²) in [4.78, 5) is 11.2. The van der Waals surface area contributed by atoms with Crippen molar-refractivity contribution in [2.24, 2.45) is 5.73 Å². The van der Waals surface area contributed by atoms with Gasteiger partial charge in [-0.1, -0.05) is 0 Å². The van der Waals surface area contributed by atoms with Gasteiger partial charge in [-0.2, -0.15) is 0 Å². The topological polar surface area (TPSA) is 70.8 Å². The number of carbonyl (C=O) groups excluding carboxylic acids is 1. The van der Waals surface area contributed by atoms with Gasteiger partial charge in [0.05, 0.1) is 6.61 Å². The van der Waals surface area contributed by atoms with Gasteiger partial charge >= 0.3 is 5.97 Å². The molecular formula is C10H21NO4. The van der Waals surface area contributed by atoms with E-state index >= 15 is 0 Å². The number of hydrogen-bond donors (Lipinski definition) is 1. The normalized spacial score (nSPS) is 11.5. The predicted octanol–water partition coefficient (Wildman–Crippen LogP) is 0.320. The van der Waals surface area contributed by atoms with Crippen LogP contribution in [-0.2, 0) is 19.0 Å². The summed E-state index contributed by atoms with van der Waals surface area (Å²) in [6.07, 6.45) is 0.840. The maximum absolute atomic E-state index is 11.2. The van der Waals surface area contributed by atoms with E-state index < -0.39 is 11.5 Å². The van der Waals surface area contributed by atoms with E-state index in [4.69, 9.17) is 19.9 Å². The first kappa shape index (κ1) is 14.3. The van der Waals surface area contributed by atoms with Crippen LogP contribution in [0.1, 0.15) is 20.3 Å². The maximum atomic E-state index is 11.2. The minimum Gasteiger partial charge on any atom is -0.462 e. The summed E-state index contributed by atoms with van der Waals surface area (Å²) in [6.45, 7) is 5.13. The van der Waals surface area contributed by atoms with Crippen molar-refractivity contribution in [3.8, 4) is 0 Å². The Hall–Kier alpha value is -0.650. The lowest BCUT2D eigenvalue weighted by Crippen LogP contribution is -2.43. The van der Waals surface area contributed by atoms with Gasteiger partial charge in [0, 0.05) is 20.3 Å². The van der Waals surface area contributed by atoms with Crippen molar-refractivity contribution in [1.29, 1.82) is 0 Å². The van der Waals surface area contributed by atoms with Crippen molar-refractivity contribution < 1.29 is 19.0 Å². The number of esters is 1. The molecule has 0 bridgehead atoms. The zero-order valence-electron chi connectivity index (χ0n) is 9.75. The molecule has 0 radical (unpaired) electrons. The molecule has 0 saturated carbocycles. The highest BCUT2D eigenvalue weighted by Crippen LogP contribution is 1.99. The molecule has 0 aliphatic heterocycles. The lowest BCUT2D eigenvalue weighted by molar-refractivity contribution is -0.150. The minimum atomic E-state index is -0.934. The minimum absolute atomic E-state index is 0.243. The standard InChI is InChI=1S/C10H21NO4/c1-10(2,11)9(12)15-8-7-14-6-4-5-13-3/h4-8,11H2,1-3H3. The van der Waals surface area contributed by atoms with Crippen molar-refractivity contribution >= 4 is 5.97 Å². The fourth-order valence-corrected chi connectivity index (χ4v) is 0.787. The maximum Gasteiger partial charge on any atom is 0.325 e. The van der Waals surface area contributed by atoms with Crippen molar-refractivity contribution in [3.05, 3.63) is 0 Å². The van der Waals surface area contributed by atoms with Gasteiger partial charge in [0.25, 0.3) is 0 Å². The van der Waals surface area contributed by atoms with Crippen LogP contribution in [0.2, 0.25) is 0 Å². The predicted molar refractivity (Wildman–Crippen MR) is 56.5 cm³/mol. The van der Waals surface area contributed by atoms with E-state index in [1.54, 1.807) is 21.0 Å². The molecule has 0 atom stereocenters. The molecule has 0 aliphatic carbocycles. The smallest absolute Gasteiger partial charge is 0.325 e. The summed E-state index contributed by atoms with van der Waals surface area (Å²) in [5.41, 5.74) is 4.59. The van der Waals surface area contributed by atoms with E-state index in [0.29, 0.717) is 19.8 Å². The summed E-state index contributed by atoms with van der Waals surface area (Å²) >= 11 is 0. The number of rotatable bonds is 8. The third-order valence-electron chi connectivity index (χ3n) is 1.62. The molecule has 0 aliphatic rings. The van der Waals surface area contributed by atoms with Gasteiger partial charge in [0.2, 0.25) is 0 Å². The first-order chi connectivity index (χ1) is 6.98. The molecule has 0 spiro atoms. The molecule has 0 unspecified atom stereocenters. The lowest BCUT2D eigenvalue weighted by atomic mass is 10.1. The Morgan fingerprint density at radius 2 is 1.87 bits per heavy atom. The second kappa shape index (κ2) is 7.62. The van der Waals surface area contributed by atoms with Crippen molar-refractivity contribution in [3.63, 3.8) is 0 Å². The van der Waals surface area contributed by atoms with E-state index in [2.05, 4.69) is 0 Å². The first-order valence-corrected chi connectivity index (χ1v) is 5.01. The molecule has 2 N–H and O–H groups in total. The molecule has 5 heteroatoms. The van der Waals surface area contributed by atoms with Gasteiger partial charge in [0.1, 0.15) is 12.1 Å². The van der Waals surface area contributed by atoms with Crippen LogP contribution in [0, 0.1) is 0 Å². The van der Waals surface area contributed by atoms with Crippen LogP contribution >= 0.6 is 0 Å². The third kappa shape index (κ3) is 8.35. The molecule has 0 amide bonds. The molecule has 90 valence electrons. The van der Waals surface area contributed by atoms with Gasteiger partial charge in [0.15, 0.2) is 0 Å². The number of methoxy groups -OCH3 is 1. The summed E-state index contributed by atoms with van der Waals surface area (Å²) < 4.78 is 14.9. The molecule has 0 aromatic carbocycles. The Morgan fingerprint density at radius 3 is 2.40 bits per heavy atom. The highest BCUT2D eigenvalue weighted by molar-refractivity contribution is 5.79. The second-order valence-electron chi connectivity index (χ2n) is 3.82. The Balaban J connectivity index is 3.28. The van der Waals surface area contributed by atoms with Crippen molar-refractivity contribution in [2.45, 2.75) is 25.8 Å². The lowest BCUT2D eigenvalue weighted by Gasteiger charge is -2.16. The summed E-state index contributed by atoms with van der Waals surface area (Å²) in [6, 6.07) is 0. The Morgan fingerprint density at radius 1 is 1.20 bits per heavy atom. The fourth-order valence-electron chi connectivity index (χ4n) is 0.787. The zero-order chi connectivity index (χ0) is 11.7.